The molecule has 1 unspecified atom stereocenters. The summed E-state index contributed by atoms with van der Waals surface area (Å²) in [7, 11) is 0. The van der Waals surface area contributed by atoms with Crippen molar-refractivity contribution in [3.05, 3.63) is 24.3 Å². The summed E-state index contributed by atoms with van der Waals surface area (Å²) in [6, 6.07) is 8.48. The van der Waals surface area contributed by atoms with Gasteiger partial charge in [-0.25, -0.2) is 0 Å². The quantitative estimate of drug-likeness (QED) is 0.846. The summed E-state index contributed by atoms with van der Waals surface area (Å²) < 4.78 is 0. The smallest absolute Gasteiger partial charge is 0.238 e. The molecule has 2 rings (SSSR count). The van der Waals surface area contributed by atoms with Crippen LogP contribution in [0.25, 0.3) is 0 Å². The van der Waals surface area contributed by atoms with Gasteiger partial charge in [0, 0.05) is 19.1 Å². The lowest BCUT2D eigenvalue weighted by atomic mass is 10.1. The number of rotatable bonds is 6. The average Bonchev–Trinajstić information content (AvgIpc) is 2.54. The van der Waals surface area contributed by atoms with Crippen molar-refractivity contribution in [2.24, 2.45) is 0 Å². The van der Waals surface area contributed by atoms with E-state index < -0.39 is 0 Å². The van der Waals surface area contributed by atoms with E-state index >= 15 is 0 Å². The monoisotopic (exact) mass is 289 g/mol. The predicted molar refractivity (Wildman–Crippen MR) is 88.9 cm³/mol. The zero-order valence-electron chi connectivity index (χ0n) is 13.2. The van der Waals surface area contributed by atoms with Crippen LogP contribution >= 0.6 is 0 Å². The number of carbonyl (C=O) groups excluding carboxylic acids is 1. The van der Waals surface area contributed by atoms with Crippen LogP contribution in [0, 0.1) is 0 Å². The lowest BCUT2D eigenvalue weighted by Crippen LogP contribution is -2.35. The van der Waals surface area contributed by atoms with Crippen LogP contribution < -0.4 is 15.5 Å². The minimum Gasteiger partial charge on any atom is -0.370 e. The third-order valence-electron chi connectivity index (χ3n) is 4.10. The van der Waals surface area contributed by atoms with Crippen molar-refractivity contribution in [2.75, 3.05) is 29.9 Å². The van der Waals surface area contributed by atoms with Crippen molar-refractivity contribution in [3.63, 3.8) is 0 Å². The molecule has 21 heavy (non-hydrogen) atoms. The van der Waals surface area contributed by atoms with Gasteiger partial charge >= 0.3 is 0 Å². The van der Waals surface area contributed by atoms with Crippen LogP contribution in [0.2, 0.25) is 0 Å². The second kappa shape index (κ2) is 8.03. The van der Waals surface area contributed by atoms with Gasteiger partial charge in [0.05, 0.1) is 17.9 Å². The first-order valence-corrected chi connectivity index (χ1v) is 8.08. The van der Waals surface area contributed by atoms with Crippen LogP contribution in [0.15, 0.2) is 24.3 Å². The Bertz CT molecular complexity index is 455. The van der Waals surface area contributed by atoms with Gasteiger partial charge in [0.15, 0.2) is 0 Å². The number of benzene rings is 1. The molecule has 0 saturated carbocycles. The number of nitrogens with one attached hydrogen (secondary N) is 2. The summed E-state index contributed by atoms with van der Waals surface area (Å²) in [5.74, 6) is 0.0276. The topological polar surface area (TPSA) is 44.4 Å². The van der Waals surface area contributed by atoms with E-state index in [0.29, 0.717) is 12.6 Å². The summed E-state index contributed by atoms with van der Waals surface area (Å²) >= 11 is 0. The summed E-state index contributed by atoms with van der Waals surface area (Å²) in [5.41, 5.74) is 2.07. The molecule has 1 amide bonds. The molecule has 0 aliphatic carbocycles. The molecule has 2 N–H and O–H groups in total. The van der Waals surface area contributed by atoms with Crippen LogP contribution in [0.1, 0.15) is 39.5 Å². The van der Waals surface area contributed by atoms with Crippen molar-refractivity contribution in [3.8, 4) is 0 Å². The van der Waals surface area contributed by atoms with E-state index in [2.05, 4.69) is 35.4 Å². The molecular weight excluding hydrogens is 262 g/mol. The number of piperidine rings is 1. The molecule has 116 valence electrons. The maximum atomic E-state index is 12.1. The third-order valence-corrected chi connectivity index (χ3v) is 4.10. The highest BCUT2D eigenvalue weighted by Crippen LogP contribution is 2.28. The zero-order valence-corrected chi connectivity index (χ0v) is 13.2. The zero-order chi connectivity index (χ0) is 15.1. The Hall–Kier alpha value is -1.55. The lowest BCUT2D eigenvalue weighted by molar-refractivity contribution is -0.115. The Balaban J connectivity index is 1.97. The molecule has 1 aliphatic rings. The van der Waals surface area contributed by atoms with Crippen LogP contribution in [-0.2, 0) is 4.79 Å². The molecular formula is C17H27N3O. The molecule has 1 atom stereocenters. The molecule has 0 radical (unpaired) electrons. The SMILES string of the molecule is CCC(C)NCC(=O)Nc1ccccc1N1CCCCC1. The summed E-state index contributed by atoms with van der Waals surface area (Å²) in [5, 5.41) is 6.27. The Kier molecular flexibility index (Phi) is 6.05. The molecule has 0 aromatic heterocycles. The molecule has 1 fully saturated rings. The molecule has 4 heteroatoms. The largest absolute Gasteiger partial charge is 0.370 e. The maximum Gasteiger partial charge on any atom is 0.238 e. The number of hydrogen-bond donors (Lipinski definition) is 2. The second-order valence-corrected chi connectivity index (χ2v) is 5.80. The summed E-state index contributed by atoms with van der Waals surface area (Å²) in [4.78, 5) is 14.5. The number of amides is 1. The first-order chi connectivity index (χ1) is 10.2. The predicted octanol–water partition coefficient (Wildman–Crippen LogP) is 3.00. The van der Waals surface area contributed by atoms with Crippen molar-refractivity contribution in [2.45, 2.75) is 45.6 Å². The Morgan fingerprint density at radius 1 is 1.24 bits per heavy atom. The number of hydrogen-bond acceptors (Lipinski definition) is 3. The number of anilines is 2. The molecule has 4 nitrogen and oxygen atoms in total. The van der Waals surface area contributed by atoms with Crippen molar-refractivity contribution in [1.82, 2.24) is 5.32 Å². The lowest BCUT2D eigenvalue weighted by Gasteiger charge is -2.30. The van der Waals surface area contributed by atoms with Gasteiger partial charge in [-0.2, -0.15) is 0 Å². The minimum atomic E-state index is 0.0276. The van der Waals surface area contributed by atoms with Crippen LogP contribution in [0.3, 0.4) is 0 Å². The fourth-order valence-electron chi connectivity index (χ4n) is 2.60. The normalized spacial score (nSPS) is 16.6. The average molecular weight is 289 g/mol. The Morgan fingerprint density at radius 3 is 2.67 bits per heavy atom. The van der Waals surface area contributed by atoms with Crippen LogP contribution in [0.5, 0.6) is 0 Å². The standard InChI is InChI=1S/C17H27N3O/c1-3-14(2)18-13-17(21)19-15-9-5-6-10-16(15)20-11-7-4-8-12-20/h5-6,9-10,14,18H,3-4,7-8,11-13H2,1-2H3,(H,19,21). The van der Waals surface area contributed by atoms with E-state index in [1.165, 1.54) is 19.3 Å². The van der Waals surface area contributed by atoms with Gasteiger partial charge in [-0.05, 0) is 44.7 Å². The highest BCUT2D eigenvalue weighted by atomic mass is 16.1. The number of para-hydroxylation sites is 2. The summed E-state index contributed by atoms with van der Waals surface area (Å²) in [6.07, 6.45) is 4.80. The van der Waals surface area contributed by atoms with Crippen molar-refractivity contribution < 1.29 is 4.79 Å². The van der Waals surface area contributed by atoms with Gasteiger partial charge < -0.3 is 15.5 Å². The van der Waals surface area contributed by atoms with Gasteiger partial charge in [0.1, 0.15) is 0 Å². The van der Waals surface area contributed by atoms with Gasteiger partial charge in [0.25, 0.3) is 0 Å². The Morgan fingerprint density at radius 2 is 1.95 bits per heavy atom. The first kappa shape index (κ1) is 15.8. The minimum absolute atomic E-state index is 0.0276. The number of carbonyl (C=O) groups is 1. The van der Waals surface area contributed by atoms with Crippen molar-refractivity contribution >= 4 is 17.3 Å². The fraction of sp³-hybridized carbons (Fsp3) is 0.588. The second-order valence-electron chi connectivity index (χ2n) is 5.80. The van der Waals surface area contributed by atoms with E-state index in [9.17, 15) is 4.79 Å². The molecule has 1 aromatic rings. The van der Waals surface area contributed by atoms with E-state index in [1.807, 2.05) is 18.2 Å². The molecule has 1 aliphatic heterocycles. The van der Waals surface area contributed by atoms with Crippen LogP contribution in [-0.4, -0.2) is 31.6 Å². The van der Waals surface area contributed by atoms with E-state index in [0.717, 1.165) is 30.9 Å². The number of nitrogens with zero attached hydrogens (tertiary/aromatic N) is 1. The van der Waals surface area contributed by atoms with Gasteiger partial charge in [-0.15, -0.1) is 0 Å². The highest BCUT2D eigenvalue weighted by molar-refractivity contribution is 5.95. The van der Waals surface area contributed by atoms with Crippen molar-refractivity contribution in [1.29, 1.82) is 0 Å². The summed E-state index contributed by atoms with van der Waals surface area (Å²) in [6.45, 7) is 6.73. The van der Waals surface area contributed by atoms with E-state index in [4.69, 9.17) is 0 Å². The van der Waals surface area contributed by atoms with E-state index in [-0.39, 0.29) is 5.91 Å². The van der Waals surface area contributed by atoms with Gasteiger partial charge in [-0.1, -0.05) is 19.1 Å². The first-order valence-electron chi connectivity index (χ1n) is 8.08. The van der Waals surface area contributed by atoms with Crippen LogP contribution in [0.4, 0.5) is 11.4 Å². The molecule has 0 bridgehead atoms. The molecule has 1 saturated heterocycles. The van der Waals surface area contributed by atoms with Gasteiger partial charge in [-0.3, -0.25) is 4.79 Å². The molecule has 1 aromatic carbocycles. The van der Waals surface area contributed by atoms with E-state index in [1.54, 1.807) is 0 Å². The fourth-order valence-corrected chi connectivity index (χ4v) is 2.60. The van der Waals surface area contributed by atoms with Gasteiger partial charge in [0.2, 0.25) is 5.91 Å². The maximum absolute atomic E-state index is 12.1. The molecule has 0 spiro atoms. The Labute approximate surface area is 127 Å². The third kappa shape index (κ3) is 4.74. The highest BCUT2D eigenvalue weighted by Gasteiger charge is 2.15. The molecule has 1 heterocycles.